The highest BCUT2D eigenvalue weighted by atomic mass is 32.1. The number of nitrogens with zero attached hydrogens (tertiary/aromatic N) is 2. The zero-order valence-corrected chi connectivity index (χ0v) is 12.8. The van der Waals surface area contributed by atoms with Crippen molar-refractivity contribution < 1.29 is 14.4 Å². The van der Waals surface area contributed by atoms with Crippen LogP contribution in [0.1, 0.15) is 23.0 Å². The summed E-state index contributed by atoms with van der Waals surface area (Å²) in [5, 5.41) is 17.4. The van der Waals surface area contributed by atoms with Crippen LogP contribution in [0.4, 0.5) is 0 Å². The van der Waals surface area contributed by atoms with Crippen LogP contribution in [0.25, 0.3) is 21.7 Å². The molecule has 0 bridgehead atoms. The predicted molar refractivity (Wildman–Crippen MR) is 83.7 cm³/mol. The maximum atomic E-state index is 12.1. The van der Waals surface area contributed by atoms with Gasteiger partial charge in [0.05, 0.1) is 24.2 Å². The SMILES string of the molecule is CCC(CO)NC(=O)c1cnc(-c2noc3ccccc23)s1. The first-order valence-corrected chi connectivity index (χ1v) is 7.77. The second-order valence-electron chi connectivity index (χ2n) is 4.82. The largest absolute Gasteiger partial charge is 0.394 e. The lowest BCUT2D eigenvalue weighted by molar-refractivity contribution is 0.0919. The summed E-state index contributed by atoms with van der Waals surface area (Å²) < 4.78 is 5.26. The molecule has 1 aromatic carbocycles. The van der Waals surface area contributed by atoms with Crippen LogP contribution in [0.2, 0.25) is 0 Å². The molecule has 0 aliphatic rings. The maximum absolute atomic E-state index is 12.1. The molecule has 2 heterocycles. The van der Waals surface area contributed by atoms with Gasteiger partial charge in [-0.1, -0.05) is 24.2 Å². The van der Waals surface area contributed by atoms with E-state index in [-0.39, 0.29) is 18.6 Å². The van der Waals surface area contributed by atoms with Gasteiger partial charge in [-0.25, -0.2) is 4.98 Å². The average Bonchev–Trinajstić information content (AvgIpc) is 3.18. The zero-order valence-electron chi connectivity index (χ0n) is 11.9. The van der Waals surface area contributed by atoms with Crippen molar-refractivity contribution in [2.75, 3.05) is 6.61 Å². The van der Waals surface area contributed by atoms with Gasteiger partial charge < -0.3 is 14.9 Å². The standard InChI is InChI=1S/C15H15N3O3S/c1-2-9(8-19)17-14(20)12-7-16-15(22-12)13-10-5-3-4-6-11(10)21-18-13/h3-7,9,19H,2,8H2,1H3,(H,17,20). The molecule has 0 aliphatic heterocycles. The number of para-hydroxylation sites is 1. The Labute approximate surface area is 130 Å². The number of aromatic nitrogens is 2. The molecule has 0 radical (unpaired) electrons. The van der Waals surface area contributed by atoms with Gasteiger partial charge in [0.2, 0.25) is 0 Å². The summed E-state index contributed by atoms with van der Waals surface area (Å²) in [5.74, 6) is -0.238. The van der Waals surface area contributed by atoms with E-state index in [9.17, 15) is 4.79 Å². The fourth-order valence-corrected chi connectivity index (χ4v) is 2.88. The molecule has 22 heavy (non-hydrogen) atoms. The van der Waals surface area contributed by atoms with Gasteiger partial charge >= 0.3 is 0 Å². The monoisotopic (exact) mass is 317 g/mol. The van der Waals surface area contributed by atoms with E-state index >= 15 is 0 Å². The Hall–Kier alpha value is -2.25. The van der Waals surface area contributed by atoms with E-state index in [0.29, 0.717) is 27.6 Å². The first kappa shape index (κ1) is 14.7. The minimum atomic E-state index is -0.245. The van der Waals surface area contributed by atoms with Crippen molar-refractivity contribution in [2.24, 2.45) is 0 Å². The van der Waals surface area contributed by atoms with Crippen LogP contribution in [0.3, 0.4) is 0 Å². The lowest BCUT2D eigenvalue weighted by atomic mass is 10.2. The Balaban J connectivity index is 1.86. The summed E-state index contributed by atoms with van der Waals surface area (Å²) in [4.78, 5) is 16.9. The van der Waals surface area contributed by atoms with E-state index in [1.54, 1.807) is 0 Å². The number of nitrogens with one attached hydrogen (secondary N) is 1. The molecule has 1 atom stereocenters. The van der Waals surface area contributed by atoms with Crippen molar-refractivity contribution in [3.05, 3.63) is 35.3 Å². The molecule has 114 valence electrons. The van der Waals surface area contributed by atoms with Gasteiger partial charge in [-0.3, -0.25) is 4.79 Å². The number of rotatable bonds is 5. The fraction of sp³-hybridized carbons (Fsp3) is 0.267. The summed E-state index contributed by atoms with van der Waals surface area (Å²) in [6, 6.07) is 7.27. The molecule has 2 aromatic heterocycles. The van der Waals surface area contributed by atoms with Crippen LogP contribution in [0.5, 0.6) is 0 Å². The number of thiazole rings is 1. The first-order chi connectivity index (χ1) is 10.7. The van der Waals surface area contributed by atoms with Gasteiger partial charge in [0.15, 0.2) is 5.58 Å². The Morgan fingerprint density at radius 2 is 2.27 bits per heavy atom. The molecular formula is C15H15N3O3S. The summed E-state index contributed by atoms with van der Waals surface area (Å²) in [7, 11) is 0. The number of hydrogen-bond donors (Lipinski definition) is 2. The van der Waals surface area contributed by atoms with Gasteiger partial charge in [-0.2, -0.15) is 0 Å². The fourth-order valence-electron chi connectivity index (χ4n) is 2.06. The van der Waals surface area contributed by atoms with Crippen LogP contribution in [-0.4, -0.2) is 33.8 Å². The van der Waals surface area contributed by atoms with Crippen molar-refractivity contribution in [1.82, 2.24) is 15.5 Å². The van der Waals surface area contributed by atoms with Gasteiger partial charge in [-0.15, -0.1) is 11.3 Å². The molecule has 3 aromatic rings. The summed E-state index contributed by atoms with van der Waals surface area (Å²) >= 11 is 1.25. The number of aliphatic hydroxyl groups excluding tert-OH is 1. The van der Waals surface area contributed by atoms with Crippen molar-refractivity contribution in [3.63, 3.8) is 0 Å². The van der Waals surface area contributed by atoms with Crippen LogP contribution in [0, 0.1) is 0 Å². The second kappa shape index (κ2) is 6.25. The quantitative estimate of drug-likeness (QED) is 0.754. The molecule has 7 heteroatoms. The van der Waals surface area contributed by atoms with Crippen molar-refractivity contribution in [3.8, 4) is 10.7 Å². The zero-order chi connectivity index (χ0) is 15.5. The molecule has 0 aliphatic carbocycles. The molecule has 3 rings (SSSR count). The van der Waals surface area contributed by atoms with Gasteiger partial charge in [-0.05, 0) is 18.6 Å². The lowest BCUT2D eigenvalue weighted by Crippen LogP contribution is -2.36. The Kier molecular flexibility index (Phi) is 4.17. The molecular weight excluding hydrogens is 302 g/mol. The number of benzene rings is 1. The van der Waals surface area contributed by atoms with Gasteiger partial charge in [0.1, 0.15) is 15.6 Å². The molecule has 0 fully saturated rings. The highest BCUT2D eigenvalue weighted by molar-refractivity contribution is 7.17. The van der Waals surface area contributed by atoms with E-state index in [0.717, 1.165) is 5.39 Å². The molecule has 6 nitrogen and oxygen atoms in total. The normalized spacial score (nSPS) is 12.5. The maximum Gasteiger partial charge on any atom is 0.263 e. The van der Waals surface area contributed by atoms with Crippen LogP contribution >= 0.6 is 11.3 Å². The van der Waals surface area contributed by atoms with Crippen LogP contribution in [0.15, 0.2) is 35.0 Å². The van der Waals surface area contributed by atoms with E-state index in [1.165, 1.54) is 17.5 Å². The highest BCUT2D eigenvalue weighted by Gasteiger charge is 2.18. The number of carbonyl (C=O) groups excluding carboxylic acids is 1. The van der Waals surface area contributed by atoms with Crippen LogP contribution < -0.4 is 5.32 Å². The van der Waals surface area contributed by atoms with E-state index in [4.69, 9.17) is 9.63 Å². The Morgan fingerprint density at radius 1 is 1.45 bits per heavy atom. The topological polar surface area (TPSA) is 88.2 Å². The van der Waals surface area contributed by atoms with E-state index in [1.807, 2.05) is 31.2 Å². The van der Waals surface area contributed by atoms with Crippen molar-refractivity contribution >= 4 is 28.2 Å². The van der Waals surface area contributed by atoms with Crippen molar-refractivity contribution in [2.45, 2.75) is 19.4 Å². The number of hydrogen-bond acceptors (Lipinski definition) is 6. The molecule has 0 saturated heterocycles. The summed E-state index contributed by atoms with van der Waals surface area (Å²) in [6.07, 6.45) is 2.19. The number of carbonyl (C=O) groups is 1. The predicted octanol–water partition coefficient (Wildman–Crippen LogP) is 2.45. The summed E-state index contributed by atoms with van der Waals surface area (Å²) in [6.45, 7) is 1.82. The molecule has 2 N–H and O–H groups in total. The lowest BCUT2D eigenvalue weighted by Gasteiger charge is -2.12. The third-order valence-electron chi connectivity index (χ3n) is 3.36. The molecule has 1 unspecified atom stereocenters. The Morgan fingerprint density at radius 3 is 3.05 bits per heavy atom. The third-order valence-corrected chi connectivity index (χ3v) is 4.36. The number of amides is 1. The minimum absolute atomic E-state index is 0.0815. The summed E-state index contributed by atoms with van der Waals surface area (Å²) in [5.41, 5.74) is 1.32. The second-order valence-corrected chi connectivity index (χ2v) is 5.85. The molecule has 0 spiro atoms. The first-order valence-electron chi connectivity index (χ1n) is 6.95. The average molecular weight is 317 g/mol. The van der Waals surface area contributed by atoms with E-state index in [2.05, 4.69) is 15.5 Å². The van der Waals surface area contributed by atoms with E-state index < -0.39 is 0 Å². The molecule has 0 saturated carbocycles. The van der Waals surface area contributed by atoms with Crippen LogP contribution in [-0.2, 0) is 0 Å². The minimum Gasteiger partial charge on any atom is -0.394 e. The highest BCUT2D eigenvalue weighted by Crippen LogP contribution is 2.30. The number of aliphatic hydroxyl groups is 1. The molecule has 1 amide bonds. The Bertz CT molecular complexity index is 792. The van der Waals surface area contributed by atoms with Gasteiger partial charge in [0.25, 0.3) is 5.91 Å². The third kappa shape index (κ3) is 2.72. The van der Waals surface area contributed by atoms with Crippen molar-refractivity contribution in [1.29, 1.82) is 0 Å². The smallest absolute Gasteiger partial charge is 0.263 e. The van der Waals surface area contributed by atoms with Gasteiger partial charge in [0, 0.05) is 0 Å². The number of fused-ring (bicyclic) bond motifs is 1.